The SMILES string of the molecule is CS(=O)(=O)c1ccc(NC(=O)C2(C(=O)O)CCC2)cc1. The van der Waals surface area contributed by atoms with Gasteiger partial charge in [0.1, 0.15) is 5.41 Å². The van der Waals surface area contributed by atoms with Crippen molar-refractivity contribution >= 4 is 27.4 Å². The lowest BCUT2D eigenvalue weighted by Crippen LogP contribution is -2.48. The van der Waals surface area contributed by atoms with Crippen molar-refractivity contribution in [3.8, 4) is 0 Å². The Kier molecular flexibility index (Phi) is 3.56. The molecule has 20 heavy (non-hydrogen) atoms. The standard InChI is InChI=1S/C13H15NO5S/c1-20(18,19)10-5-3-9(4-6-10)14-11(15)13(12(16)17)7-2-8-13/h3-6H,2,7-8H2,1H3,(H,14,15)(H,16,17). The largest absolute Gasteiger partial charge is 0.480 e. The molecule has 0 radical (unpaired) electrons. The second-order valence-electron chi connectivity index (χ2n) is 4.99. The Bertz CT molecular complexity index is 644. The molecule has 0 saturated heterocycles. The van der Waals surface area contributed by atoms with Crippen LogP contribution in [0.25, 0.3) is 0 Å². The van der Waals surface area contributed by atoms with E-state index in [2.05, 4.69) is 5.32 Å². The van der Waals surface area contributed by atoms with E-state index in [1.54, 1.807) is 0 Å². The highest BCUT2D eigenvalue weighted by molar-refractivity contribution is 7.90. The van der Waals surface area contributed by atoms with E-state index in [1.165, 1.54) is 24.3 Å². The molecule has 0 unspecified atom stereocenters. The number of benzene rings is 1. The molecule has 108 valence electrons. The second-order valence-corrected chi connectivity index (χ2v) is 7.01. The Morgan fingerprint density at radius 1 is 1.20 bits per heavy atom. The molecule has 1 aliphatic carbocycles. The molecule has 1 aliphatic rings. The Labute approximate surface area is 116 Å². The Morgan fingerprint density at radius 3 is 2.10 bits per heavy atom. The topological polar surface area (TPSA) is 101 Å². The average Bonchev–Trinajstić information content (AvgIpc) is 2.26. The summed E-state index contributed by atoms with van der Waals surface area (Å²) in [6.07, 6.45) is 2.46. The van der Waals surface area contributed by atoms with Crippen LogP contribution in [0.5, 0.6) is 0 Å². The van der Waals surface area contributed by atoms with E-state index in [4.69, 9.17) is 5.11 Å². The van der Waals surface area contributed by atoms with Gasteiger partial charge in [0, 0.05) is 11.9 Å². The Balaban J connectivity index is 2.15. The van der Waals surface area contributed by atoms with Gasteiger partial charge in [-0.05, 0) is 37.1 Å². The molecule has 1 aromatic carbocycles. The fourth-order valence-corrected chi connectivity index (χ4v) is 2.74. The van der Waals surface area contributed by atoms with Crippen molar-refractivity contribution in [1.82, 2.24) is 0 Å². The van der Waals surface area contributed by atoms with Crippen LogP contribution in [0.1, 0.15) is 19.3 Å². The van der Waals surface area contributed by atoms with E-state index in [9.17, 15) is 18.0 Å². The van der Waals surface area contributed by atoms with Crippen molar-refractivity contribution in [2.45, 2.75) is 24.2 Å². The van der Waals surface area contributed by atoms with Gasteiger partial charge in [0.15, 0.2) is 9.84 Å². The maximum absolute atomic E-state index is 12.0. The molecule has 7 heteroatoms. The van der Waals surface area contributed by atoms with Gasteiger partial charge in [0.2, 0.25) is 5.91 Å². The highest BCUT2D eigenvalue weighted by Gasteiger charge is 2.51. The fraction of sp³-hybridized carbons (Fsp3) is 0.385. The van der Waals surface area contributed by atoms with Crippen LogP contribution in [0, 0.1) is 5.41 Å². The first-order valence-corrected chi connectivity index (χ1v) is 8.00. The molecule has 0 atom stereocenters. The van der Waals surface area contributed by atoms with Crippen LogP contribution in [-0.4, -0.2) is 31.7 Å². The quantitative estimate of drug-likeness (QED) is 0.815. The molecule has 0 aromatic heterocycles. The summed E-state index contributed by atoms with van der Waals surface area (Å²) in [4.78, 5) is 23.4. The number of carbonyl (C=O) groups excluding carboxylic acids is 1. The fourth-order valence-electron chi connectivity index (χ4n) is 2.10. The number of rotatable bonds is 4. The normalized spacial score (nSPS) is 17.1. The minimum atomic E-state index is -3.29. The van der Waals surface area contributed by atoms with E-state index in [-0.39, 0.29) is 4.90 Å². The minimum absolute atomic E-state index is 0.145. The highest BCUT2D eigenvalue weighted by atomic mass is 32.2. The monoisotopic (exact) mass is 297 g/mol. The number of sulfone groups is 1. The third-order valence-electron chi connectivity index (χ3n) is 3.59. The summed E-state index contributed by atoms with van der Waals surface area (Å²) >= 11 is 0. The predicted octanol–water partition coefficient (Wildman–Crippen LogP) is 1.28. The molecular formula is C13H15NO5S. The number of carboxylic acids is 1. The van der Waals surface area contributed by atoms with Crippen molar-refractivity contribution in [3.05, 3.63) is 24.3 Å². The van der Waals surface area contributed by atoms with Crippen LogP contribution in [0.3, 0.4) is 0 Å². The molecule has 2 rings (SSSR count). The van der Waals surface area contributed by atoms with Gasteiger partial charge >= 0.3 is 5.97 Å². The van der Waals surface area contributed by atoms with Crippen LogP contribution in [0.15, 0.2) is 29.2 Å². The molecule has 0 spiro atoms. The lowest BCUT2D eigenvalue weighted by molar-refractivity contribution is -0.159. The van der Waals surface area contributed by atoms with Crippen molar-refractivity contribution < 1.29 is 23.1 Å². The summed E-state index contributed by atoms with van der Waals surface area (Å²) < 4.78 is 22.6. The Morgan fingerprint density at radius 2 is 1.75 bits per heavy atom. The van der Waals surface area contributed by atoms with Crippen LogP contribution in [-0.2, 0) is 19.4 Å². The van der Waals surface area contributed by atoms with E-state index in [1.807, 2.05) is 0 Å². The Hall–Kier alpha value is -1.89. The number of aliphatic carboxylic acids is 1. The molecular weight excluding hydrogens is 282 g/mol. The molecule has 1 fully saturated rings. The van der Waals surface area contributed by atoms with Crippen LogP contribution < -0.4 is 5.32 Å². The zero-order valence-corrected chi connectivity index (χ0v) is 11.7. The number of nitrogens with one attached hydrogen (secondary N) is 1. The van der Waals surface area contributed by atoms with E-state index < -0.39 is 27.1 Å². The molecule has 1 saturated carbocycles. The van der Waals surface area contributed by atoms with E-state index in [0.29, 0.717) is 24.9 Å². The van der Waals surface area contributed by atoms with Crippen molar-refractivity contribution in [2.75, 3.05) is 11.6 Å². The van der Waals surface area contributed by atoms with Gasteiger partial charge in [-0.3, -0.25) is 9.59 Å². The van der Waals surface area contributed by atoms with Crippen molar-refractivity contribution in [3.63, 3.8) is 0 Å². The van der Waals surface area contributed by atoms with Crippen molar-refractivity contribution in [2.24, 2.45) is 5.41 Å². The summed E-state index contributed by atoms with van der Waals surface area (Å²) in [5.74, 6) is -1.67. The highest BCUT2D eigenvalue weighted by Crippen LogP contribution is 2.42. The first kappa shape index (κ1) is 14.5. The summed E-state index contributed by atoms with van der Waals surface area (Å²) in [6.45, 7) is 0. The molecule has 6 nitrogen and oxygen atoms in total. The third kappa shape index (κ3) is 2.53. The summed E-state index contributed by atoms with van der Waals surface area (Å²) in [6, 6.07) is 5.64. The van der Waals surface area contributed by atoms with Crippen LogP contribution >= 0.6 is 0 Å². The molecule has 1 amide bonds. The summed E-state index contributed by atoms with van der Waals surface area (Å²) in [5.41, 5.74) is -0.954. The number of amides is 1. The zero-order valence-electron chi connectivity index (χ0n) is 10.9. The van der Waals surface area contributed by atoms with Gasteiger partial charge < -0.3 is 10.4 Å². The smallest absolute Gasteiger partial charge is 0.319 e. The van der Waals surface area contributed by atoms with Crippen molar-refractivity contribution in [1.29, 1.82) is 0 Å². The second kappa shape index (κ2) is 4.90. The number of hydrogen-bond acceptors (Lipinski definition) is 4. The molecule has 0 aliphatic heterocycles. The lowest BCUT2D eigenvalue weighted by atomic mass is 9.68. The van der Waals surface area contributed by atoms with Crippen LogP contribution in [0.2, 0.25) is 0 Å². The van der Waals surface area contributed by atoms with Gasteiger partial charge in [-0.15, -0.1) is 0 Å². The van der Waals surface area contributed by atoms with Gasteiger partial charge in [-0.25, -0.2) is 8.42 Å². The third-order valence-corrected chi connectivity index (χ3v) is 4.72. The average molecular weight is 297 g/mol. The van der Waals surface area contributed by atoms with Crippen LogP contribution in [0.4, 0.5) is 5.69 Å². The minimum Gasteiger partial charge on any atom is -0.480 e. The molecule has 2 N–H and O–H groups in total. The summed E-state index contributed by atoms with van der Waals surface area (Å²) in [5, 5.41) is 11.7. The first-order valence-electron chi connectivity index (χ1n) is 6.11. The summed E-state index contributed by atoms with van der Waals surface area (Å²) in [7, 11) is -3.29. The first-order chi connectivity index (χ1) is 9.25. The molecule has 0 bridgehead atoms. The van der Waals surface area contributed by atoms with Gasteiger partial charge in [0.05, 0.1) is 4.90 Å². The maximum Gasteiger partial charge on any atom is 0.319 e. The number of carboxylic acid groups (broad SMARTS) is 1. The molecule has 0 heterocycles. The van der Waals surface area contributed by atoms with Gasteiger partial charge in [0.25, 0.3) is 0 Å². The van der Waals surface area contributed by atoms with E-state index in [0.717, 1.165) is 6.26 Å². The lowest BCUT2D eigenvalue weighted by Gasteiger charge is -2.35. The van der Waals surface area contributed by atoms with E-state index >= 15 is 0 Å². The predicted molar refractivity (Wildman–Crippen MR) is 72.1 cm³/mol. The van der Waals surface area contributed by atoms with Gasteiger partial charge in [-0.1, -0.05) is 6.42 Å². The maximum atomic E-state index is 12.0. The zero-order chi connectivity index (χ0) is 15.0. The number of hydrogen-bond donors (Lipinski definition) is 2. The number of anilines is 1. The number of carbonyl (C=O) groups is 2. The van der Waals surface area contributed by atoms with Gasteiger partial charge in [-0.2, -0.15) is 0 Å². The molecule has 1 aromatic rings.